The molecule has 1 aromatic rings. The van der Waals surface area contributed by atoms with Crippen LogP contribution in [0.2, 0.25) is 5.02 Å². The van der Waals surface area contributed by atoms with E-state index in [2.05, 4.69) is 0 Å². The van der Waals surface area contributed by atoms with Crippen molar-refractivity contribution in [1.29, 1.82) is 0 Å². The monoisotopic (exact) mass is 343 g/mol. The highest BCUT2D eigenvalue weighted by atomic mass is 35.5. The summed E-state index contributed by atoms with van der Waals surface area (Å²) in [6, 6.07) is 0.276. The second-order valence-corrected chi connectivity index (χ2v) is 4.10. The molecule has 0 heterocycles. The van der Waals surface area contributed by atoms with Gasteiger partial charge in [-0.25, -0.2) is 0 Å². The zero-order valence-corrected chi connectivity index (χ0v) is 11.0. The van der Waals surface area contributed by atoms with Gasteiger partial charge in [0.1, 0.15) is 0 Å². The Morgan fingerprint density at radius 3 is 2.00 bits per heavy atom. The van der Waals surface area contributed by atoms with Crippen molar-refractivity contribution in [2.24, 2.45) is 5.73 Å². The molecule has 0 bridgehead atoms. The molecule has 0 spiro atoms. The molecule has 10 heteroatoms. The molecule has 0 saturated carbocycles. The van der Waals surface area contributed by atoms with Gasteiger partial charge in [-0.2, -0.15) is 26.3 Å². The number of aliphatic hydroxyl groups is 1. The molecule has 0 aliphatic heterocycles. The molecule has 0 aliphatic rings. The van der Waals surface area contributed by atoms with E-state index in [0.29, 0.717) is 6.07 Å². The van der Waals surface area contributed by atoms with Crippen molar-refractivity contribution < 1.29 is 31.4 Å². The van der Waals surface area contributed by atoms with E-state index in [1.807, 2.05) is 0 Å². The third-order valence-electron chi connectivity index (χ3n) is 2.37. The average molecular weight is 344 g/mol. The summed E-state index contributed by atoms with van der Waals surface area (Å²) in [5.74, 6) is 0. The molecular weight excluding hydrogens is 335 g/mol. The van der Waals surface area contributed by atoms with Crippen molar-refractivity contribution in [3.63, 3.8) is 0 Å². The van der Waals surface area contributed by atoms with Crippen LogP contribution in [0.1, 0.15) is 17.2 Å². The predicted molar refractivity (Wildman–Crippen MR) is 62.7 cm³/mol. The molecule has 0 radical (unpaired) electrons. The molecule has 1 rings (SSSR count). The first-order valence-corrected chi connectivity index (χ1v) is 5.20. The van der Waals surface area contributed by atoms with Crippen LogP contribution >= 0.6 is 24.0 Å². The summed E-state index contributed by atoms with van der Waals surface area (Å²) in [7, 11) is 0. The Bertz CT molecular complexity index is 462. The van der Waals surface area contributed by atoms with Gasteiger partial charge in [0.2, 0.25) is 0 Å². The van der Waals surface area contributed by atoms with E-state index in [4.69, 9.17) is 22.4 Å². The summed E-state index contributed by atoms with van der Waals surface area (Å²) in [4.78, 5) is 0. The number of alkyl halides is 6. The molecular formula is C10H9Cl2F6NO. The summed E-state index contributed by atoms with van der Waals surface area (Å²) in [6.07, 6.45) is -12.9. The van der Waals surface area contributed by atoms with Gasteiger partial charge in [0.25, 0.3) is 0 Å². The van der Waals surface area contributed by atoms with Gasteiger partial charge in [0.15, 0.2) is 6.10 Å². The van der Waals surface area contributed by atoms with Crippen molar-refractivity contribution in [3.8, 4) is 0 Å². The van der Waals surface area contributed by atoms with Gasteiger partial charge in [-0.3, -0.25) is 0 Å². The maximum atomic E-state index is 12.5. The van der Waals surface area contributed by atoms with Crippen LogP contribution in [0.15, 0.2) is 18.2 Å². The fourth-order valence-corrected chi connectivity index (χ4v) is 1.76. The van der Waals surface area contributed by atoms with Gasteiger partial charge in [0.05, 0.1) is 16.6 Å². The Morgan fingerprint density at radius 1 is 1.10 bits per heavy atom. The molecule has 0 aliphatic carbocycles. The highest BCUT2D eigenvalue weighted by Gasteiger charge is 2.44. The topological polar surface area (TPSA) is 46.2 Å². The van der Waals surface area contributed by atoms with Gasteiger partial charge in [-0.15, -0.1) is 12.4 Å². The number of halogens is 8. The molecule has 0 unspecified atom stereocenters. The summed E-state index contributed by atoms with van der Waals surface area (Å²) >= 11 is 5.40. The lowest BCUT2D eigenvalue weighted by Crippen LogP contribution is -2.39. The molecule has 0 saturated heterocycles. The largest absolute Gasteiger partial charge is 0.417 e. The summed E-state index contributed by atoms with van der Waals surface area (Å²) in [5, 5.41) is 7.98. The fourth-order valence-electron chi connectivity index (χ4n) is 1.40. The average Bonchev–Trinajstić information content (AvgIpc) is 2.24. The van der Waals surface area contributed by atoms with Crippen LogP contribution in [0.3, 0.4) is 0 Å². The molecule has 20 heavy (non-hydrogen) atoms. The van der Waals surface area contributed by atoms with E-state index >= 15 is 0 Å². The van der Waals surface area contributed by atoms with Gasteiger partial charge in [-0.1, -0.05) is 23.7 Å². The van der Waals surface area contributed by atoms with Crippen LogP contribution in [0.25, 0.3) is 0 Å². The lowest BCUT2D eigenvalue weighted by atomic mass is 9.99. The Balaban J connectivity index is 0.00000361. The summed E-state index contributed by atoms with van der Waals surface area (Å²) < 4.78 is 74.3. The SMILES string of the molecule is Cl.N[C@@H](c1cccc(C(F)(F)F)c1Cl)[C@H](O)C(F)(F)F. The minimum atomic E-state index is -5.06. The number of nitrogens with two attached hydrogens (primary N) is 1. The number of rotatable bonds is 2. The minimum absolute atomic E-state index is 0. The van der Waals surface area contributed by atoms with Crippen LogP contribution < -0.4 is 5.73 Å². The zero-order valence-electron chi connectivity index (χ0n) is 9.47. The van der Waals surface area contributed by atoms with Crippen molar-refractivity contribution in [1.82, 2.24) is 0 Å². The standard InChI is InChI=1S/C10H8ClF6NO.ClH/c11-6-4(7(18)8(19)10(15,16)17)2-1-3-5(6)9(12,13)14;/h1-3,7-8,19H,18H2;1H/t7-,8-;/m0./s1. The molecule has 0 fully saturated rings. The second kappa shape index (κ2) is 6.38. The Morgan fingerprint density at radius 2 is 1.60 bits per heavy atom. The molecule has 2 nitrogen and oxygen atoms in total. The predicted octanol–water partition coefficient (Wildman–Crippen LogP) is 3.70. The lowest BCUT2D eigenvalue weighted by Gasteiger charge is -2.23. The van der Waals surface area contributed by atoms with Crippen LogP contribution in [-0.4, -0.2) is 17.4 Å². The van der Waals surface area contributed by atoms with Gasteiger partial charge in [-0.05, 0) is 11.6 Å². The van der Waals surface area contributed by atoms with Crippen LogP contribution in [-0.2, 0) is 6.18 Å². The zero-order chi connectivity index (χ0) is 15.0. The third kappa shape index (κ3) is 4.15. The first-order valence-electron chi connectivity index (χ1n) is 4.82. The van der Waals surface area contributed by atoms with E-state index in [1.54, 1.807) is 0 Å². The van der Waals surface area contributed by atoms with Crippen LogP contribution in [0.5, 0.6) is 0 Å². The second-order valence-electron chi connectivity index (χ2n) is 3.72. The highest BCUT2D eigenvalue weighted by Crippen LogP contribution is 2.39. The van der Waals surface area contributed by atoms with Crippen LogP contribution in [0.4, 0.5) is 26.3 Å². The molecule has 2 atom stereocenters. The number of hydrogen-bond donors (Lipinski definition) is 2. The van der Waals surface area contributed by atoms with E-state index < -0.39 is 40.6 Å². The lowest BCUT2D eigenvalue weighted by molar-refractivity contribution is -0.210. The van der Waals surface area contributed by atoms with Crippen molar-refractivity contribution in [3.05, 3.63) is 34.3 Å². The highest BCUT2D eigenvalue weighted by molar-refractivity contribution is 6.32. The van der Waals surface area contributed by atoms with Crippen molar-refractivity contribution in [2.75, 3.05) is 0 Å². The third-order valence-corrected chi connectivity index (χ3v) is 2.79. The Kier molecular flexibility index (Phi) is 6.16. The van der Waals surface area contributed by atoms with Crippen LogP contribution in [0, 0.1) is 0 Å². The molecule has 116 valence electrons. The van der Waals surface area contributed by atoms with E-state index in [1.165, 1.54) is 0 Å². The number of benzene rings is 1. The maximum absolute atomic E-state index is 12.5. The Labute approximate surface area is 120 Å². The summed E-state index contributed by atoms with van der Waals surface area (Å²) in [5.41, 5.74) is 3.18. The van der Waals surface area contributed by atoms with Crippen molar-refractivity contribution in [2.45, 2.75) is 24.5 Å². The first kappa shape index (κ1) is 19.3. The normalized spacial score (nSPS) is 15.4. The Hall–Kier alpha value is -0.700. The van der Waals surface area contributed by atoms with Gasteiger partial charge >= 0.3 is 12.4 Å². The maximum Gasteiger partial charge on any atom is 0.417 e. The van der Waals surface area contributed by atoms with Gasteiger partial charge in [0, 0.05) is 0 Å². The van der Waals surface area contributed by atoms with E-state index in [-0.39, 0.29) is 12.4 Å². The van der Waals surface area contributed by atoms with Crippen molar-refractivity contribution >= 4 is 24.0 Å². The van der Waals surface area contributed by atoms with Gasteiger partial charge < -0.3 is 10.8 Å². The smallest absolute Gasteiger partial charge is 0.382 e. The number of aliphatic hydroxyl groups excluding tert-OH is 1. The minimum Gasteiger partial charge on any atom is -0.382 e. The molecule has 0 aromatic heterocycles. The molecule has 1 aromatic carbocycles. The molecule has 0 amide bonds. The number of hydrogen-bond acceptors (Lipinski definition) is 2. The molecule has 3 N–H and O–H groups in total. The van der Waals surface area contributed by atoms with E-state index in [9.17, 15) is 26.3 Å². The van der Waals surface area contributed by atoms with E-state index in [0.717, 1.165) is 12.1 Å². The fraction of sp³-hybridized carbons (Fsp3) is 0.400. The summed E-state index contributed by atoms with van der Waals surface area (Å²) in [6.45, 7) is 0. The quantitative estimate of drug-likeness (QED) is 0.804. The first-order chi connectivity index (χ1) is 8.46.